The number of para-hydroxylation sites is 1. The topological polar surface area (TPSA) is 49.8 Å². The lowest BCUT2D eigenvalue weighted by Gasteiger charge is -2.17. The number of aromatic nitrogens is 2. The van der Waals surface area contributed by atoms with Crippen LogP contribution in [0.4, 0.5) is 36.3 Å². The van der Waals surface area contributed by atoms with Crippen LogP contribution >= 0.6 is 0 Å². The lowest BCUT2D eigenvalue weighted by atomic mass is 10.0. The third kappa shape index (κ3) is 7.47. The summed E-state index contributed by atoms with van der Waals surface area (Å²) in [6.07, 6.45) is 2.37. The first-order valence-electron chi connectivity index (χ1n) is 11.9. The third-order valence-electron chi connectivity index (χ3n) is 5.52. The molecule has 2 aromatic carbocycles. The summed E-state index contributed by atoms with van der Waals surface area (Å²) < 4.78 is 41.1. The van der Waals surface area contributed by atoms with Gasteiger partial charge in [0.1, 0.15) is 11.4 Å². The van der Waals surface area contributed by atoms with Crippen molar-refractivity contribution in [3.8, 4) is 0 Å². The van der Waals surface area contributed by atoms with Crippen LogP contribution in [0.1, 0.15) is 63.1 Å². The Labute approximate surface area is 200 Å². The Kier molecular flexibility index (Phi) is 8.91. The summed E-state index contributed by atoms with van der Waals surface area (Å²) in [5, 5.41) is 5.96. The van der Waals surface area contributed by atoms with E-state index in [1.54, 1.807) is 6.07 Å². The highest BCUT2D eigenvalue weighted by Crippen LogP contribution is 2.36. The Morgan fingerprint density at radius 1 is 0.912 bits per heavy atom. The maximum atomic E-state index is 13.7. The molecule has 1 aromatic heterocycles. The van der Waals surface area contributed by atoms with Crippen molar-refractivity contribution in [2.45, 2.75) is 65.5 Å². The summed E-state index contributed by atoms with van der Waals surface area (Å²) in [7, 11) is 0. The van der Waals surface area contributed by atoms with Gasteiger partial charge in [-0.3, -0.25) is 0 Å². The summed E-state index contributed by atoms with van der Waals surface area (Å²) in [6, 6.07) is 15.2. The van der Waals surface area contributed by atoms with Gasteiger partial charge >= 0.3 is 6.18 Å². The molecule has 4 nitrogen and oxygen atoms in total. The van der Waals surface area contributed by atoms with Gasteiger partial charge in [0.2, 0.25) is 5.95 Å². The highest BCUT2D eigenvalue weighted by atomic mass is 19.4. The molecule has 0 aliphatic rings. The highest BCUT2D eigenvalue weighted by molar-refractivity contribution is 5.65. The van der Waals surface area contributed by atoms with E-state index in [4.69, 9.17) is 0 Å². The lowest BCUT2D eigenvalue weighted by molar-refractivity contribution is -0.137. The fourth-order valence-electron chi connectivity index (χ4n) is 3.80. The van der Waals surface area contributed by atoms with Crippen molar-refractivity contribution in [3.05, 3.63) is 71.4 Å². The van der Waals surface area contributed by atoms with E-state index in [0.29, 0.717) is 11.6 Å². The zero-order valence-electron chi connectivity index (χ0n) is 20.0. The molecule has 0 unspecified atom stereocenters. The third-order valence-corrected chi connectivity index (χ3v) is 5.52. The first kappa shape index (κ1) is 25.5. The second-order valence-corrected chi connectivity index (χ2v) is 8.97. The molecule has 34 heavy (non-hydrogen) atoms. The summed E-state index contributed by atoms with van der Waals surface area (Å²) in [4.78, 5) is 8.12. The van der Waals surface area contributed by atoms with Crippen molar-refractivity contribution in [2.75, 3.05) is 10.6 Å². The molecule has 0 amide bonds. The molecule has 2 N–H and O–H groups in total. The molecule has 3 aromatic rings. The van der Waals surface area contributed by atoms with E-state index in [2.05, 4.69) is 41.4 Å². The van der Waals surface area contributed by atoms with Gasteiger partial charge in [-0.25, -0.2) is 4.98 Å². The van der Waals surface area contributed by atoms with Crippen molar-refractivity contribution in [1.29, 1.82) is 0 Å². The summed E-state index contributed by atoms with van der Waals surface area (Å²) >= 11 is 0. The van der Waals surface area contributed by atoms with E-state index in [1.165, 1.54) is 5.56 Å². The van der Waals surface area contributed by atoms with Gasteiger partial charge in [0.15, 0.2) is 0 Å². The van der Waals surface area contributed by atoms with Crippen LogP contribution in [0.15, 0.2) is 54.7 Å². The summed E-state index contributed by atoms with van der Waals surface area (Å²) in [6.45, 7) is 6.45. The molecule has 7 heteroatoms. The maximum Gasteiger partial charge on any atom is 0.421 e. The quantitative estimate of drug-likeness (QED) is 0.277. The maximum absolute atomic E-state index is 13.7. The van der Waals surface area contributed by atoms with E-state index in [9.17, 15) is 13.2 Å². The summed E-state index contributed by atoms with van der Waals surface area (Å²) in [5.41, 5.74) is 2.63. The second-order valence-electron chi connectivity index (χ2n) is 8.97. The number of halogens is 3. The molecule has 0 fully saturated rings. The van der Waals surface area contributed by atoms with E-state index >= 15 is 0 Å². The lowest BCUT2D eigenvalue weighted by Crippen LogP contribution is -2.13. The van der Waals surface area contributed by atoms with Gasteiger partial charge in [-0.15, -0.1) is 0 Å². The minimum absolute atomic E-state index is 0.104. The smallest absolute Gasteiger partial charge is 0.339 e. The second kappa shape index (κ2) is 11.9. The number of benzene rings is 2. The van der Waals surface area contributed by atoms with E-state index < -0.39 is 11.7 Å². The zero-order chi connectivity index (χ0) is 24.6. The molecule has 0 aliphatic carbocycles. The molecule has 0 atom stereocenters. The molecular weight excluding hydrogens is 437 g/mol. The number of rotatable bonds is 11. The first-order chi connectivity index (χ1) is 16.3. The molecule has 0 saturated heterocycles. The van der Waals surface area contributed by atoms with Gasteiger partial charge in [0.05, 0.1) is 0 Å². The molecule has 1 heterocycles. The molecular formula is C27H33F3N4. The fraction of sp³-hybridized carbons (Fsp3) is 0.407. The van der Waals surface area contributed by atoms with Gasteiger partial charge < -0.3 is 10.6 Å². The van der Waals surface area contributed by atoms with Gasteiger partial charge in [0.25, 0.3) is 0 Å². The molecule has 0 aliphatic heterocycles. The number of hydrogen-bond donors (Lipinski definition) is 2. The van der Waals surface area contributed by atoms with E-state index in [1.807, 2.05) is 42.5 Å². The van der Waals surface area contributed by atoms with Gasteiger partial charge in [-0.05, 0) is 54.5 Å². The Balaban J connectivity index is 1.83. The average molecular weight is 471 g/mol. The van der Waals surface area contributed by atoms with Crippen molar-refractivity contribution in [1.82, 2.24) is 9.97 Å². The standard InChI is InChI=1S/C27H33F3N4/c1-4-5-6-7-10-21-11-8-9-12-24(21)33-25-23(27(28,29)30)18-31-26(34-25)32-22-15-13-20(14-16-22)17-19(2)3/h8-9,11-16,18-19H,4-7,10,17H2,1-3H3,(H2,31,32,33,34). The molecule has 182 valence electrons. The number of aryl methyl sites for hydroxylation is 1. The predicted octanol–water partition coefficient (Wildman–Crippen LogP) is 8.30. The zero-order valence-corrected chi connectivity index (χ0v) is 20.0. The van der Waals surface area contributed by atoms with Crippen LogP contribution < -0.4 is 10.6 Å². The Bertz CT molecular complexity index is 1050. The van der Waals surface area contributed by atoms with E-state index in [-0.39, 0.29) is 11.8 Å². The average Bonchev–Trinajstić information content (AvgIpc) is 2.78. The number of alkyl halides is 3. The van der Waals surface area contributed by atoms with Gasteiger partial charge in [-0.1, -0.05) is 70.4 Å². The van der Waals surface area contributed by atoms with Crippen molar-refractivity contribution < 1.29 is 13.2 Å². The van der Waals surface area contributed by atoms with Crippen molar-refractivity contribution >= 4 is 23.1 Å². The fourth-order valence-corrected chi connectivity index (χ4v) is 3.80. The van der Waals surface area contributed by atoms with Crippen molar-refractivity contribution in [3.63, 3.8) is 0 Å². The van der Waals surface area contributed by atoms with Crippen LogP contribution in [0.5, 0.6) is 0 Å². The Morgan fingerprint density at radius 2 is 1.65 bits per heavy atom. The number of nitrogens with zero attached hydrogens (tertiary/aromatic N) is 2. The molecule has 0 bridgehead atoms. The largest absolute Gasteiger partial charge is 0.421 e. The van der Waals surface area contributed by atoms with Gasteiger partial charge in [-0.2, -0.15) is 18.2 Å². The monoisotopic (exact) mass is 470 g/mol. The first-order valence-corrected chi connectivity index (χ1v) is 11.9. The Morgan fingerprint density at radius 3 is 2.32 bits per heavy atom. The van der Waals surface area contributed by atoms with Crippen LogP contribution in [0.3, 0.4) is 0 Å². The van der Waals surface area contributed by atoms with Crippen molar-refractivity contribution in [2.24, 2.45) is 5.92 Å². The number of unbranched alkanes of at least 4 members (excludes halogenated alkanes) is 3. The molecule has 0 radical (unpaired) electrons. The van der Waals surface area contributed by atoms with E-state index in [0.717, 1.165) is 56.0 Å². The molecule has 0 saturated carbocycles. The number of anilines is 4. The Hall–Kier alpha value is -3.09. The molecule has 0 spiro atoms. The predicted molar refractivity (Wildman–Crippen MR) is 133 cm³/mol. The highest BCUT2D eigenvalue weighted by Gasteiger charge is 2.35. The normalized spacial score (nSPS) is 11.6. The van der Waals surface area contributed by atoms with Gasteiger partial charge in [0, 0.05) is 17.6 Å². The summed E-state index contributed by atoms with van der Waals surface area (Å²) in [5.74, 6) is 0.384. The van der Waals surface area contributed by atoms with Crippen LogP contribution in [-0.4, -0.2) is 9.97 Å². The van der Waals surface area contributed by atoms with Crippen LogP contribution in [0, 0.1) is 5.92 Å². The minimum atomic E-state index is -4.57. The SMILES string of the molecule is CCCCCCc1ccccc1Nc1nc(Nc2ccc(CC(C)C)cc2)ncc1C(F)(F)F. The molecule has 3 rings (SSSR count). The van der Waals surface area contributed by atoms with Crippen LogP contribution in [0.25, 0.3) is 0 Å². The van der Waals surface area contributed by atoms with Crippen LogP contribution in [0.2, 0.25) is 0 Å². The number of hydrogen-bond acceptors (Lipinski definition) is 4. The number of nitrogens with one attached hydrogen (secondary N) is 2. The van der Waals surface area contributed by atoms with Crippen LogP contribution in [-0.2, 0) is 19.0 Å². The minimum Gasteiger partial charge on any atom is -0.339 e.